The Balaban J connectivity index is 3.23. The van der Waals surface area contributed by atoms with Crippen LogP contribution in [0.4, 0.5) is 0 Å². The molecule has 1 atom stereocenters. The molecule has 0 amide bonds. The van der Waals surface area contributed by atoms with E-state index in [-0.39, 0.29) is 11.1 Å². The fourth-order valence-corrected chi connectivity index (χ4v) is 1.63. The number of methoxy groups -OCH3 is 2. The number of rotatable bonds is 2. The molecule has 0 aromatic carbocycles. The number of aliphatic hydroxyl groups is 1. The minimum atomic E-state index is -2.05. The third-order valence-corrected chi connectivity index (χ3v) is 2.60. The number of carbonyl (C=O) groups excluding carboxylic acids is 3. The summed E-state index contributed by atoms with van der Waals surface area (Å²) < 4.78 is 8.79. The molecule has 0 aromatic heterocycles. The maximum atomic E-state index is 11.5. The molecule has 0 spiro atoms. The first-order chi connectivity index (χ1) is 7.38. The fraction of sp³-hybridized carbons (Fsp3) is 0.500. The van der Waals surface area contributed by atoms with E-state index in [1.165, 1.54) is 6.92 Å². The van der Waals surface area contributed by atoms with E-state index in [1.54, 1.807) is 0 Å². The van der Waals surface area contributed by atoms with Crippen LogP contribution < -0.4 is 0 Å². The second-order valence-corrected chi connectivity index (χ2v) is 3.44. The van der Waals surface area contributed by atoms with Gasteiger partial charge in [0.15, 0.2) is 11.4 Å². The van der Waals surface area contributed by atoms with Gasteiger partial charge in [0.1, 0.15) is 5.57 Å². The zero-order valence-electron chi connectivity index (χ0n) is 9.20. The van der Waals surface area contributed by atoms with E-state index >= 15 is 0 Å². The Bertz CT molecular complexity index is 394. The lowest BCUT2D eigenvalue weighted by molar-refractivity contribution is -0.159. The van der Waals surface area contributed by atoms with Gasteiger partial charge in [0, 0.05) is 0 Å². The molecule has 1 aliphatic carbocycles. The SMILES string of the molecule is COC(=O)C1=C(C)C(O)(C(=O)OC)CC1=O. The van der Waals surface area contributed by atoms with Gasteiger partial charge < -0.3 is 14.6 Å². The molecule has 0 aromatic rings. The quantitative estimate of drug-likeness (QED) is 0.499. The predicted octanol–water partition coefficient (Wildman–Crippen LogP) is -0.647. The molecular weight excluding hydrogens is 216 g/mol. The van der Waals surface area contributed by atoms with Gasteiger partial charge in [0.25, 0.3) is 0 Å². The van der Waals surface area contributed by atoms with E-state index in [1.807, 2.05) is 0 Å². The van der Waals surface area contributed by atoms with Crippen molar-refractivity contribution in [2.24, 2.45) is 0 Å². The van der Waals surface area contributed by atoms with Crippen molar-refractivity contribution in [2.45, 2.75) is 18.9 Å². The van der Waals surface area contributed by atoms with E-state index in [0.717, 1.165) is 14.2 Å². The average molecular weight is 228 g/mol. The third kappa shape index (κ3) is 1.61. The van der Waals surface area contributed by atoms with Crippen LogP contribution in [0.1, 0.15) is 13.3 Å². The van der Waals surface area contributed by atoms with Crippen LogP contribution in [0.15, 0.2) is 11.1 Å². The van der Waals surface area contributed by atoms with Gasteiger partial charge in [-0.3, -0.25) is 4.79 Å². The molecule has 0 bridgehead atoms. The second-order valence-electron chi connectivity index (χ2n) is 3.44. The number of ketones is 1. The lowest BCUT2D eigenvalue weighted by Crippen LogP contribution is -2.39. The fourth-order valence-electron chi connectivity index (χ4n) is 1.63. The minimum Gasteiger partial charge on any atom is -0.467 e. The predicted molar refractivity (Wildman–Crippen MR) is 51.3 cm³/mol. The highest BCUT2D eigenvalue weighted by Crippen LogP contribution is 2.34. The molecule has 6 heteroatoms. The largest absolute Gasteiger partial charge is 0.467 e. The molecule has 1 unspecified atom stereocenters. The van der Waals surface area contributed by atoms with Crippen molar-refractivity contribution in [2.75, 3.05) is 14.2 Å². The first-order valence-electron chi connectivity index (χ1n) is 4.52. The van der Waals surface area contributed by atoms with Crippen LogP contribution in [0.5, 0.6) is 0 Å². The maximum absolute atomic E-state index is 11.5. The summed E-state index contributed by atoms with van der Waals surface area (Å²) in [7, 11) is 2.21. The summed E-state index contributed by atoms with van der Waals surface area (Å²) in [6.45, 7) is 1.33. The van der Waals surface area contributed by atoms with Crippen molar-refractivity contribution in [3.8, 4) is 0 Å². The van der Waals surface area contributed by atoms with Gasteiger partial charge in [-0.25, -0.2) is 9.59 Å². The first kappa shape index (κ1) is 12.4. The summed E-state index contributed by atoms with van der Waals surface area (Å²) in [5.74, 6) is -2.45. The Kier molecular flexibility index (Phi) is 3.14. The van der Waals surface area contributed by atoms with Crippen molar-refractivity contribution < 1.29 is 29.0 Å². The molecule has 0 radical (unpaired) electrons. The molecule has 0 heterocycles. The molecule has 1 N–H and O–H groups in total. The number of ether oxygens (including phenoxy) is 2. The van der Waals surface area contributed by atoms with Crippen molar-refractivity contribution in [3.63, 3.8) is 0 Å². The monoisotopic (exact) mass is 228 g/mol. The van der Waals surface area contributed by atoms with E-state index in [2.05, 4.69) is 9.47 Å². The summed E-state index contributed by atoms with van der Waals surface area (Å²) >= 11 is 0. The first-order valence-corrected chi connectivity index (χ1v) is 4.52. The van der Waals surface area contributed by atoms with Gasteiger partial charge in [-0.2, -0.15) is 0 Å². The molecule has 6 nitrogen and oxygen atoms in total. The zero-order valence-corrected chi connectivity index (χ0v) is 9.20. The standard InChI is InChI=1S/C10H12O6/c1-5-7(8(12)15-2)6(11)4-10(5,14)9(13)16-3/h14H,4H2,1-3H3. The van der Waals surface area contributed by atoms with E-state index < -0.39 is 29.7 Å². The van der Waals surface area contributed by atoms with Gasteiger partial charge >= 0.3 is 11.9 Å². The maximum Gasteiger partial charge on any atom is 0.342 e. The highest BCUT2D eigenvalue weighted by atomic mass is 16.5. The van der Waals surface area contributed by atoms with E-state index in [4.69, 9.17) is 0 Å². The topological polar surface area (TPSA) is 89.9 Å². The molecule has 0 saturated carbocycles. The third-order valence-electron chi connectivity index (χ3n) is 2.60. The van der Waals surface area contributed by atoms with Gasteiger partial charge in [0.2, 0.25) is 0 Å². The van der Waals surface area contributed by atoms with Crippen molar-refractivity contribution in [1.29, 1.82) is 0 Å². The summed E-state index contributed by atoms with van der Waals surface area (Å²) in [6, 6.07) is 0. The van der Waals surface area contributed by atoms with Crippen LogP contribution in [-0.2, 0) is 23.9 Å². The average Bonchev–Trinajstić information content (AvgIpc) is 2.49. The molecule has 88 valence electrons. The molecular formula is C10H12O6. The van der Waals surface area contributed by atoms with Gasteiger partial charge in [-0.15, -0.1) is 0 Å². The second kappa shape index (κ2) is 4.05. The smallest absolute Gasteiger partial charge is 0.342 e. The number of carbonyl (C=O) groups is 3. The van der Waals surface area contributed by atoms with Gasteiger partial charge in [-0.1, -0.05) is 0 Å². The lowest BCUT2D eigenvalue weighted by atomic mass is 9.96. The Morgan fingerprint density at radius 2 is 1.88 bits per heavy atom. The van der Waals surface area contributed by atoms with Crippen molar-refractivity contribution in [3.05, 3.63) is 11.1 Å². The summed E-state index contributed by atoms with van der Waals surface area (Å²) in [6.07, 6.45) is -0.490. The van der Waals surface area contributed by atoms with E-state index in [9.17, 15) is 19.5 Å². The van der Waals surface area contributed by atoms with Crippen LogP contribution in [0.2, 0.25) is 0 Å². The summed E-state index contributed by atoms with van der Waals surface area (Å²) in [4.78, 5) is 34.1. The molecule has 0 aliphatic heterocycles. The molecule has 1 aliphatic rings. The van der Waals surface area contributed by atoms with Crippen LogP contribution in [-0.4, -0.2) is 42.6 Å². The van der Waals surface area contributed by atoms with Crippen LogP contribution in [0, 0.1) is 0 Å². The Labute approximate surface area is 91.8 Å². The van der Waals surface area contributed by atoms with Gasteiger partial charge in [0.05, 0.1) is 20.6 Å². The molecule has 0 saturated heterocycles. The summed E-state index contributed by atoms with van der Waals surface area (Å²) in [5, 5.41) is 9.95. The Morgan fingerprint density at radius 3 is 2.31 bits per heavy atom. The minimum absolute atomic E-state index is 0.0313. The van der Waals surface area contributed by atoms with Crippen LogP contribution >= 0.6 is 0 Å². The highest BCUT2D eigenvalue weighted by Gasteiger charge is 2.50. The van der Waals surface area contributed by atoms with Crippen LogP contribution in [0.25, 0.3) is 0 Å². The number of Topliss-reactive ketones (excluding diaryl/α,β-unsaturated/α-hetero) is 1. The number of esters is 2. The normalized spacial score (nSPS) is 24.6. The number of hydrogen-bond acceptors (Lipinski definition) is 6. The molecule has 16 heavy (non-hydrogen) atoms. The molecule has 1 rings (SSSR count). The zero-order chi connectivity index (χ0) is 12.5. The molecule has 0 fully saturated rings. The highest BCUT2D eigenvalue weighted by molar-refractivity contribution is 6.22. The van der Waals surface area contributed by atoms with Crippen molar-refractivity contribution >= 4 is 17.7 Å². The number of hydrogen-bond donors (Lipinski definition) is 1. The van der Waals surface area contributed by atoms with Crippen molar-refractivity contribution in [1.82, 2.24) is 0 Å². The lowest BCUT2D eigenvalue weighted by Gasteiger charge is -2.19. The Hall–Kier alpha value is -1.69. The Morgan fingerprint density at radius 1 is 1.31 bits per heavy atom. The van der Waals surface area contributed by atoms with Crippen LogP contribution in [0.3, 0.4) is 0 Å². The summed E-state index contributed by atoms with van der Waals surface area (Å²) in [5.41, 5.74) is -2.36. The van der Waals surface area contributed by atoms with Gasteiger partial charge in [-0.05, 0) is 12.5 Å². The van der Waals surface area contributed by atoms with E-state index in [0.29, 0.717) is 0 Å².